The van der Waals surface area contributed by atoms with Crippen LogP contribution in [0.2, 0.25) is 0 Å². The average molecular weight is 426 g/mol. The number of methoxy groups -OCH3 is 2. The first-order chi connectivity index (χ1) is 14.6. The first-order valence-electron chi connectivity index (χ1n) is 9.87. The molecule has 3 rings (SSSR count). The van der Waals surface area contributed by atoms with E-state index >= 15 is 0 Å². The van der Waals surface area contributed by atoms with Gasteiger partial charge in [0.15, 0.2) is 0 Å². The number of para-hydroxylation sites is 2. The van der Waals surface area contributed by atoms with E-state index in [0.717, 1.165) is 35.0 Å². The van der Waals surface area contributed by atoms with E-state index in [0.29, 0.717) is 24.5 Å². The van der Waals surface area contributed by atoms with Crippen LogP contribution in [-0.2, 0) is 11.3 Å². The van der Waals surface area contributed by atoms with Crippen LogP contribution in [0, 0.1) is 0 Å². The summed E-state index contributed by atoms with van der Waals surface area (Å²) in [5.74, 6) is 1.40. The number of ether oxygens (including phenoxy) is 2. The molecular formula is C23H27N3O3S. The third-order valence-corrected chi connectivity index (χ3v) is 5.50. The van der Waals surface area contributed by atoms with Crippen molar-refractivity contribution in [3.8, 4) is 22.1 Å². The predicted octanol–water partition coefficient (Wildman–Crippen LogP) is 4.68. The molecule has 30 heavy (non-hydrogen) atoms. The van der Waals surface area contributed by atoms with Gasteiger partial charge in [-0.2, -0.15) is 0 Å². The summed E-state index contributed by atoms with van der Waals surface area (Å²) in [4.78, 5) is 19.5. The lowest BCUT2D eigenvalue weighted by Gasteiger charge is -2.20. The van der Waals surface area contributed by atoms with Crippen molar-refractivity contribution in [1.82, 2.24) is 9.88 Å². The summed E-state index contributed by atoms with van der Waals surface area (Å²) in [5.41, 5.74) is 2.70. The van der Waals surface area contributed by atoms with Crippen molar-refractivity contribution in [3.63, 3.8) is 0 Å². The number of rotatable bonds is 10. The quantitative estimate of drug-likeness (QED) is 0.511. The zero-order valence-electron chi connectivity index (χ0n) is 17.6. The summed E-state index contributed by atoms with van der Waals surface area (Å²) in [6.45, 7) is 3.84. The number of carbonyl (C=O) groups is 1. The van der Waals surface area contributed by atoms with E-state index in [4.69, 9.17) is 14.5 Å². The molecule has 7 heteroatoms. The highest BCUT2D eigenvalue weighted by Gasteiger charge is 2.14. The van der Waals surface area contributed by atoms with Crippen LogP contribution in [0.3, 0.4) is 0 Å². The van der Waals surface area contributed by atoms with Crippen LogP contribution in [0.5, 0.6) is 11.5 Å². The second kappa shape index (κ2) is 10.8. The minimum atomic E-state index is -0.0708. The molecule has 158 valence electrons. The lowest BCUT2D eigenvalue weighted by molar-refractivity contribution is -0.117. The van der Waals surface area contributed by atoms with Crippen LogP contribution in [-0.4, -0.2) is 43.1 Å². The van der Waals surface area contributed by atoms with Crippen molar-refractivity contribution < 1.29 is 14.3 Å². The Labute approximate surface area is 181 Å². The van der Waals surface area contributed by atoms with Crippen molar-refractivity contribution in [2.75, 3.05) is 32.6 Å². The number of aromatic nitrogens is 1. The first kappa shape index (κ1) is 21.8. The molecular weight excluding hydrogens is 398 g/mol. The highest BCUT2D eigenvalue weighted by Crippen LogP contribution is 2.26. The fourth-order valence-corrected chi connectivity index (χ4v) is 3.96. The molecule has 0 fully saturated rings. The van der Waals surface area contributed by atoms with E-state index in [2.05, 4.69) is 22.5 Å². The van der Waals surface area contributed by atoms with Gasteiger partial charge in [-0.25, -0.2) is 4.98 Å². The van der Waals surface area contributed by atoms with Gasteiger partial charge < -0.3 is 14.8 Å². The standard InChI is InChI=1S/C23H27N3O3S/c1-4-13-26(15-22(27)25-20-7-5-6-8-21(20)29-3)14-18-16-30-23(24-18)17-9-11-19(28-2)12-10-17/h5-12,16H,4,13-15H2,1-3H3,(H,25,27). The molecule has 6 nitrogen and oxygen atoms in total. The number of thiazole rings is 1. The van der Waals surface area contributed by atoms with Crippen LogP contribution in [0.25, 0.3) is 10.6 Å². The second-order valence-electron chi connectivity index (χ2n) is 6.83. The summed E-state index contributed by atoms with van der Waals surface area (Å²) >= 11 is 1.61. The Hall–Kier alpha value is -2.90. The molecule has 0 spiro atoms. The average Bonchev–Trinajstić information content (AvgIpc) is 3.22. The minimum absolute atomic E-state index is 0.0708. The molecule has 1 heterocycles. The monoisotopic (exact) mass is 425 g/mol. The van der Waals surface area contributed by atoms with Gasteiger partial charge in [-0.3, -0.25) is 9.69 Å². The van der Waals surface area contributed by atoms with Crippen LogP contribution >= 0.6 is 11.3 Å². The van der Waals surface area contributed by atoms with E-state index in [1.807, 2.05) is 48.5 Å². The number of benzene rings is 2. The van der Waals surface area contributed by atoms with Crippen LogP contribution in [0.1, 0.15) is 19.0 Å². The van der Waals surface area contributed by atoms with E-state index in [-0.39, 0.29) is 5.91 Å². The molecule has 0 saturated heterocycles. The number of carbonyl (C=O) groups excluding carboxylic acids is 1. The fourth-order valence-electron chi connectivity index (χ4n) is 3.15. The molecule has 2 aromatic carbocycles. The highest BCUT2D eigenvalue weighted by atomic mass is 32.1. The Bertz CT molecular complexity index is 956. The van der Waals surface area contributed by atoms with Crippen LogP contribution < -0.4 is 14.8 Å². The summed E-state index contributed by atoms with van der Waals surface area (Å²) in [7, 11) is 3.25. The number of amides is 1. The van der Waals surface area contributed by atoms with Crippen LogP contribution in [0.4, 0.5) is 5.69 Å². The van der Waals surface area contributed by atoms with Crippen molar-refractivity contribution in [2.24, 2.45) is 0 Å². The molecule has 0 bridgehead atoms. The Balaban J connectivity index is 1.63. The Morgan fingerprint density at radius 2 is 1.87 bits per heavy atom. The molecule has 0 aliphatic carbocycles. The van der Waals surface area contributed by atoms with Gasteiger partial charge in [0.1, 0.15) is 16.5 Å². The summed E-state index contributed by atoms with van der Waals surface area (Å²) in [5, 5.41) is 5.96. The van der Waals surface area contributed by atoms with Gasteiger partial charge >= 0.3 is 0 Å². The fraction of sp³-hybridized carbons (Fsp3) is 0.304. The first-order valence-corrected chi connectivity index (χ1v) is 10.7. The maximum Gasteiger partial charge on any atom is 0.238 e. The third-order valence-electron chi connectivity index (χ3n) is 4.56. The van der Waals surface area contributed by atoms with E-state index in [1.165, 1.54) is 0 Å². The molecule has 0 radical (unpaired) electrons. The number of nitrogens with one attached hydrogen (secondary N) is 1. The maximum absolute atomic E-state index is 12.6. The minimum Gasteiger partial charge on any atom is -0.497 e. The van der Waals surface area contributed by atoms with Gasteiger partial charge in [-0.1, -0.05) is 19.1 Å². The van der Waals surface area contributed by atoms with E-state index < -0.39 is 0 Å². The van der Waals surface area contributed by atoms with Crippen molar-refractivity contribution in [3.05, 3.63) is 59.6 Å². The third kappa shape index (κ3) is 5.81. The Morgan fingerprint density at radius 1 is 1.10 bits per heavy atom. The van der Waals surface area contributed by atoms with Crippen molar-refractivity contribution in [1.29, 1.82) is 0 Å². The van der Waals surface area contributed by atoms with Gasteiger partial charge in [-0.15, -0.1) is 11.3 Å². The predicted molar refractivity (Wildman–Crippen MR) is 121 cm³/mol. The summed E-state index contributed by atoms with van der Waals surface area (Å²) < 4.78 is 10.5. The molecule has 3 aromatic rings. The Kier molecular flexibility index (Phi) is 7.82. The van der Waals surface area contributed by atoms with Gasteiger partial charge in [0.05, 0.1) is 32.1 Å². The number of hydrogen-bond donors (Lipinski definition) is 1. The second-order valence-corrected chi connectivity index (χ2v) is 7.69. The molecule has 1 N–H and O–H groups in total. The van der Waals surface area contributed by atoms with Crippen molar-refractivity contribution >= 4 is 22.9 Å². The van der Waals surface area contributed by atoms with Gasteiger partial charge in [-0.05, 0) is 49.4 Å². The molecule has 1 amide bonds. The van der Waals surface area contributed by atoms with Gasteiger partial charge in [0, 0.05) is 17.5 Å². The highest BCUT2D eigenvalue weighted by molar-refractivity contribution is 7.13. The summed E-state index contributed by atoms with van der Waals surface area (Å²) in [6, 6.07) is 15.3. The zero-order chi connectivity index (χ0) is 21.3. The number of nitrogens with zero attached hydrogens (tertiary/aromatic N) is 2. The molecule has 0 aliphatic rings. The molecule has 1 aromatic heterocycles. The molecule has 0 saturated carbocycles. The lowest BCUT2D eigenvalue weighted by atomic mass is 10.2. The zero-order valence-corrected chi connectivity index (χ0v) is 18.4. The summed E-state index contributed by atoms with van der Waals surface area (Å²) in [6.07, 6.45) is 0.956. The normalized spacial score (nSPS) is 10.8. The van der Waals surface area contributed by atoms with Gasteiger partial charge in [0.2, 0.25) is 5.91 Å². The van der Waals surface area contributed by atoms with E-state index in [9.17, 15) is 4.79 Å². The topological polar surface area (TPSA) is 63.7 Å². The van der Waals surface area contributed by atoms with Crippen molar-refractivity contribution in [2.45, 2.75) is 19.9 Å². The number of hydrogen-bond acceptors (Lipinski definition) is 6. The van der Waals surface area contributed by atoms with Crippen LogP contribution in [0.15, 0.2) is 53.9 Å². The lowest BCUT2D eigenvalue weighted by Crippen LogP contribution is -2.33. The number of anilines is 1. The van der Waals surface area contributed by atoms with Gasteiger partial charge in [0.25, 0.3) is 0 Å². The maximum atomic E-state index is 12.6. The van der Waals surface area contributed by atoms with E-state index in [1.54, 1.807) is 25.6 Å². The molecule has 0 unspecified atom stereocenters. The molecule has 0 aliphatic heterocycles. The smallest absolute Gasteiger partial charge is 0.238 e. The SMILES string of the molecule is CCCN(CC(=O)Nc1ccccc1OC)Cc1csc(-c2ccc(OC)cc2)n1. The molecule has 0 atom stereocenters. The largest absolute Gasteiger partial charge is 0.497 e. The Morgan fingerprint density at radius 3 is 2.57 bits per heavy atom.